The number of para-hydroxylation sites is 4. The Morgan fingerprint density at radius 2 is 1.04 bits per heavy atom. The Kier molecular flexibility index (Phi) is 10.7. The van der Waals surface area contributed by atoms with Gasteiger partial charge in [0.15, 0.2) is 0 Å². The topological polar surface area (TPSA) is 33.1 Å². The summed E-state index contributed by atoms with van der Waals surface area (Å²) in [6.07, 6.45) is 1.90. The van der Waals surface area contributed by atoms with Gasteiger partial charge in [-0.3, -0.25) is 4.57 Å². The van der Waals surface area contributed by atoms with Gasteiger partial charge in [-0.25, -0.2) is 13.8 Å². The first-order valence-electron chi connectivity index (χ1n) is 23.7. The van der Waals surface area contributed by atoms with Gasteiger partial charge in [0.1, 0.15) is 29.0 Å². The van der Waals surface area contributed by atoms with E-state index < -0.39 is 0 Å². The quantitative estimate of drug-likeness (QED) is 0.135. The van der Waals surface area contributed by atoms with Gasteiger partial charge in [0.05, 0.1) is 28.2 Å². The van der Waals surface area contributed by atoms with Crippen molar-refractivity contribution < 1.29 is 13.5 Å². The van der Waals surface area contributed by atoms with Crippen LogP contribution in [0.2, 0.25) is 0 Å². The second-order valence-electron chi connectivity index (χ2n) is 18.9. The largest absolute Gasteiger partial charge is 0.503 e. The van der Waals surface area contributed by atoms with Crippen LogP contribution in [0.15, 0.2) is 225 Å². The van der Waals surface area contributed by atoms with E-state index in [1.807, 2.05) is 48.7 Å². The lowest BCUT2D eigenvalue weighted by molar-refractivity contribution is 0.483. The Morgan fingerprint density at radius 1 is 0.465 bits per heavy atom. The second-order valence-corrected chi connectivity index (χ2v) is 18.9. The summed E-state index contributed by atoms with van der Waals surface area (Å²) in [5, 5.41) is 2.23. The van der Waals surface area contributed by atoms with Crippen molar-refractivity contribution >= 4 is 50.6 Å². The molecule has 11 aromatic rings. The number of ether oxygens (including phenoxy) is 1. The molecule has 0 amide bonds. The van der Waals surface area contributed by atoms with E-state index >= 15 is 0 Å². The Bertz CT molecular complexity index is 3860. The Morgan fingerprint density at radius 3 is 1.72 bits per heavy atom. The van der Waals surface area contributed by atoms with Crippen LogP contribution in [-0.4, -0.2) is 15.6 Å². The lowest BCUT2D eigenvalue weighted by atomic mass is 9.88. The van der Waals surface area contributed by atoms with Gasteiger partial charge in [-0.1, -0.05) is 136 Å². The molecule has 2 aromatic heterocycles. The molecule has 0 fully saturated rings. The number of benzene rings is 9. The first-order valence-corrected chi connectivity index (χ1v) is 23.7. The van der Waals surface area contributed by atoms with E-state index in [0.29, 0.717) is 11.5 Å². The molecule has 1 aliphatic heterocycles. The van der Waals surface area contributed by atoms with Crippen molar-refractivity contribution in [3.63, 3.8) is 0 Å². The van der Waals surface area contributed by atoms with Crippen molar-refractivity contribution in [2.75, 3.05) is 0 Å². The third-order valence-electron chi connectivity index (χ3n) is 13.3. The fourth-order valence-corrected chi connectivity index (χ4v) is 9.75. The summed E-state index contributed by atoms with van der Waals surface area (Å²) in [4.78, 5) is 4.91. The number of halogens is 2. The molecule has 71 heavy (non-hydrogen) atoms. The van der Waals surface area contributed by atoms with E-state index in [9.17, 15) is 8.78 Å². The summed E-state index contributed by atoms with van der Waals surface area (Å²) < 4.78 is 42.2. The van der Waals surface area contributed by atoms with Crippen LogP contribution in [0.5, 0.6) is 11.5 Å². The van der Waals surface area contributed by atoms with E-state index in [1.54, 1.807) is 24.3 Å². The molecule has 0 N–H and O–H groups in total. The van der Waals surface area contributed by atoms with Crippen LogP contribution in [0.3, 0.4) is 0 Å². The molecule has 5 nitrogen and oxygen atoms in total. The van der Waals surface area contributed by atoms with Crippen molar-refractivity contribution in [3.05, 3.63) is 242 Å². The third kappa shape index (κ3) is 8.08. The monoisotopic (exact) mass is 924 g/mol. The van der Waals surface area contributed by atoms with Gasteiger partial charge in [0.25, 0.3) is 11.4 Å². The van der Waals surface area contributed by atoms with Crippen LogP contribution in [0.1, 0.15) is 26.3 Å². The standard InChI is InChI=1S/C64H46F2N4O/c1-64(2,3)48-34-35-67-62(38-48)70-58-17-8-7-14-56(58)57-33-32-52(40-61(57)70)71-53-37-47(44-22-20-43(21-23-44)42-12-5-4-6-13-42)36-51(39-53)68-41-69(60-19-10-9-18-59(60)68)63-54(45-24-28-49(65)29-25-45)15-11-16-55(63)46-26-30-50(66)31-27-46/h4-40H,1-3H3/q+2. The van der Waals surface area contributed by atoms with Crippen LogP contribution in [0.25, 0.3) is 72.1 Å². The maximum atomic E-state index is 14.4. The number of hydrogen-bond acceptors (Lipinski definition) is 2. The molecule has 0 aliphatic carbocycles. The summed E-state index contributed by atoms with van der Waals surface area (Å²) >= 11 is 0. The average molecular weight is 925 g/mol. The minimum atomic E-state index is -0.321. The van der Waals surface area contributed by atoms with Crippen LogP contribution in [0.4, 0.5) is 31.5 Å². The third-order valence-corrected chi connectivity index (χ3v) is 13.3. The number of nitrogens with zero attached hydrogens (tertiary/aromatic N) is 4. The van der Waals surface area contributed by atoms with Gasteiger partial charge < -0.3 is 4.74 Å². The fraction of sp³-hybridized carbons (Fsp3) is 0.0625. The normalized spacial score (nSPS) is 12.2. The first-order chi connectivity index (χ1) is 34.6. The van der Waals surface area contributed by atoms with Crippen molar-refractivity contribution in [1.82, 2.24) is 18.7 Å². The second kappa shape index (κ2) is 17.5. The van der Waals surface area contributed by atoms with Crippen LogP contribution < -0.4 is 13.9 Å². The number of aromatic nitrogens is 2. The molecular formula is C64H46F2N4O+2. The van der Waals surface area contributed by atoms with Gasteiger partial charge in [-0.05, 0) is 126 Å². The summed E-state index contributed by atoms with van der Waals surface area (Å²) in [6.45, 7) is 6.65. The molecule has 0 radical (unpaired) electrons. The lowest BCUT2D eigenvalue weighted by Gasteiger charge is -2.20. The Balaban J connectivity index is 1.05. The van der Waals surface area contributed by atoms with E-state index in [1.165, 1.54) is 29.8 Å². The highest BCUT2D eigenvalue weighted by Crippen LogP contribution is 2.46. The van der Waals surface area contributed by atoms with E-state index in [2.05, 4.69) is 168 Å². The molecule has 0 saturated heterocycles. The van der Waals surface area contributed by atoms with Crippen molar-refractivity contribution in [2.24, 2.45) is 0 Å². The molecule has 0 saturated carbocycles. The molecule has 0 bridgehead atoms. The highest BCUT2D eigenvalue weighted by Gasteiger charge is 2.39. The van der Waals surface area contributed by atoms with Gasteiger partial charge in [0.2, 0.25) is 11.4 Å². The zero-order chi connectivity index (χ0) is 48.2. The molecule has 0 unspecified atom stereocenters. The van der Waals surface area contributed by atoms with Gasteiger partial charge in [-0.15, -0.1) is 0 Å². The Labute approximate surface area is 410 Å². The van der Waals surface area contributed by atoms with Crippen LogP contribution >= 0.6 is 0 Å². The van der Waals surface area contributed by atoms with Crippen molar-refractivity contribution in [1.29, 1.82) is 0 Å². The van der Waals surface area contributed by atoms with Crippen molar-refractivity contribution in [3.8, 4) is 61.8 Å². The smallest absolute Gasteiger partial charge is 0.457 e. The summed E-state index contributed by atoms with van der Waals surface area (Å²) in [5.74, 6) is 1.51. The molecule has 0 spiro atoms. The summed E-state index contributed by atoms with van der Waals surface area (Å²) in [7, 11) is 0. The van der Waals surface area contributed by atoms with Crippen molar-refractivity contribution in [2.45, 2.75) is 26.2 Å². The maximum absolute atomic E-state index is 14.4. The lowest BCUT2D eigenvalue weighted by Crippen LogP contribution is -2.12. The number of fused-ring (bicyclic) bond motifs is 4. The maximum Gasteiger partial charge on any atom is 0.503 e. The minimum absolute atomic E-state index is 0.0616. The zero-order valence-electron chi connectivity index (χ0n) is 39.3. The molecule has 340 valence electrons. The van der Waals surface area contributed by atoms with Crippen LogP contribution in [0, 0.1) is 11.6 Å². The molecule has 0 atom stereocenters. The summed E-state index contributed by atoms with van der Waals surface area (Å²) in [5.41, 5.74) is 14.2. The van der Waals surface area contributed by atoms with E-state index in [-0.39, 0.29) is 17.0 Å². The van der Waals surface area contributed by atoms with Gasteiger partial charge in [0, 0.05) is 41.2 Å². The molecule has 7 heteroatoms. The predicted molar refractivity (Wildman–Crippen MR) is 286 cm³/mol. The van der Waals surface area contributed by atoms with E-state index in [0.717, 1.165) is 94.9 Å². The van der Waals surface area contributed by atoms with E-state index in [4.69, 9.17) is 9.72 Å². The van der Waals surface area contributed by atoms with Gasteiger partial charge in [-0.2, -0.15) is 0 Å². The molecule has 1 aliphatic rings. The molecule has 3 heterocycles. The summed E-state index contributed by atoms with van der Waals surface area (Å²) in [6, 6.07) is 75.3. The average Bonchev–Trinajstić information content (AvgIpc) is 3.95. The molecular weight excluding hydrogens is 879 g/mol. The SMILES string of the molecule is CC(C)(C)c1ccnc(-n2c3ccccc3c3ccc(Oc4cc(-c5ccc(-c6ccccc6)cc5)cc([N+]5=C=[N+](c6c(-c7ccc(F)cc7)cccc6-c6ccc(F)cc6)c6ccccc65)c4)cc32)c1. The van der Waals surface area contributed by atoms with Crippen LogP contribution in [-0.2, 0) is 5.41 Å². The number of hydrogen-bond donors (Lipinski definition) is 0. The number of rotatable bonds is 9. The number of pyridine rings is 1. The first kappa shape index (κ1) is 43.3. The molecule has 12 rings (SSSR count). The van der Waals surface area contributed by atoms with Gasteiger partial charge >= 0.3 is 6.01 Å². The zero-order valence-corrected chi connectivity index (χ0v) is 39.3. The predicted octanol–water partition coefficient (Wildman–Crippen LogP) is 17.1. The fourth-order valence-electron chi connectivity index (χ4n) is 9.75. The highest BCUT2D eigenvalue weighted by molar-refractivity contribution is 6.09. The Hall–Kier alpha value is -9.03. The minimum Gasteiger partial charge on any atom is -0.457 e. The molecule has 9 aromatic carbocycles. The highest BCUT2D eigenvalue weighted by atomic mass is 19.1.